The van der Waals surface area contributed by atoms with Crippen LogP contribution in [0.1, 0.15) is 16.0 Å². The summed E-state index contributed by atoms with van der Waals surface area (Å²) in [5.74, 6) is 0.705. The summed E-state index contributed by atoms with van der Waals surface area (Å²) in [6, 6.07) is 22.4. The molecular formula is C24H24N4OS2. The summed E-state index contributed by atoms with van der Waals surface area (Å²) in [5.41, 5.74) is 3.28. The van der Waals surface area contributed by atoms with Crippen molar-refractivity contribution in [3.63, 3.8) is 0 Å². The van der Waals surface area contributed by atoms with Crippen LogP contribution in [0.15, 0.2) is 72.1 Å². The van der Waals surface area contributed by atoms with Gasteiger partial charge in [0.05, 0.1) is 6.54 Å². The maximum Gasteiger partial charge on any atom is 0.243 e. The Labute approximate surface area is 191 Å². The third-order valence-electron chi connectivity index (χ3n) is 5.12. The van der Waals surface area contributed by atoms with Gasteiger partial charge >= 0.3 is 0 Å². The molecular weight excluding hydrogens is 424 g/mol. The Hall–Kier alpha value is -3.03. The van der Waals surface area contributed by atoms with Crippen LogP contribution in [0, 0.1) is 11.7 Å². The van der Waals surface area contributed by atoms with E-state index in [1.165, 1.54) is 5.56 Å². The Balaban J connectivity index is 1.56. The van der Waals surface area contributed by atoms with E-state index in [1.807, 2.05) is 65.7 Å². The van der Waals surface area contributed by atoms with E-state index in [0.29, 0.717) is 23.7 Å². The van der Waals surface area contributed by atoms with Gasteiger partial charge in [0, 0.05) is 17.0 Å². The van der Waals surface area contributed by atoms with E-state index in [0.717, 1.165) is 22.4 Å². The SMILES string of the molecule is Cc1cccc(-c2n[nH]c(=S)n2CC(=O)N(CCc2ccccc2)Cc2cccs2)c1. The van der Waals surface area contributed by atoms with Gasteiger partial charge < -0.3 is 4.90 Å². The first-order valence-electron chi connectivity index (χ1n) is 10.2. The first-order valence-corrected chi connectivity index (χ1v) is 11.5. The number of thiophene rings is 1. The van der Waals surface area contributed by atoms with Gasteiger partial charge in [0.1, 0.15) is 6.54 Å². The van der Waals surface area contributed by atoms with Crippen molar-refractivity contribution < 1.29 is 4.79 Å². The molecule has 31 heavy (non-hydrogen) atoms. The van der Waals surface area contributed by atoms with E-state index in [9.17, 15) is 4.79 Å². The third kappa shape index (κ3) is 5.37. The van der Waals surface area contributed by atoms with E-state index in [4.69, 9.17) is 12.2 Å². The molecule has 4 rings (SSSR count). The first kappa shape index (κ1) is 21.2. The molecule has 0 aliphatic heterocycles. The molecule has 1 N–H and O–H groups in total. The summed E-state index contributed by atoms with van der Waals surface area (Å²) >= 11 is 7.11. The van der Waals surface area contributed by atoms with Crippen LogP contribution in [0.25, 0.3) is 11.4 Å². The normalized spacial score (nSPS) is 10.9. The third-order valence-corrected chi connectivity index (χ3v) is 6.29. The lowest BCUT2D eigenvalue weighted by Gasteiger charge is -2.23. The topological polar surface area (TPSA) is 53.9 Å². The summed E-state index contributed by atoms with van der Waals surface area (Å²) in [6.45, 7) is 3.42. The molecule has 4 aromatic rings. The predicted molar refractivity (Wildman–Crippen MR) is 127 cm³/mol. The fourth-order valence-electron chi connectivity index (χ4n) is 3.50. The number of aromatic nitrogens is 3. The fraction of sp³-hybridized carbons (Fsp3) is 0.208. The molecule has 2 aromatic heterocycles. The Kier molecular flexibility index (Phi) is 6.74. The van der Waals surface area contributed by atoms with Crippen LogP contribution in [0.2, 0.25) is 0 Å². The van der Waals surface area contributed by atoms with Crippen LogP contribution < -0.4 is 0 Å². The zero-order valence-corrected chi connectivity index (χ0v) is 19.0. The Morgan fingerprint density at radius 2 is 1.97 bits per heavy atom. The van der Waals surface area contributed by atoms with Gasteiger partial charge in [0.25, 0.3) is 0 Å². The van der Waals surface area contributed by atoms with Crippen molar-refractivity contribution in [2.24, 2.45) is 0 Å². The molecule has 5 nitrogen and oxygen atoms in total. The molecule has 0 radical (unpaired) electrons. The largest absolute Gasteiger partial charge is 0.336 e. The standard InChI is InChI=1S/C24H24N4OS2/c1-18-7-5-10-20(15-18)23-25-26-24(30)28(23)17-22(29)27(16-21-11-6-14-31-21)13-12-19-8-3-2-4-9-19/h2-11,14-15H,12-13,16-17H2,1H3,(H,26,30). The van der Waals surface area contributed by atoms with E-state index in [1.54, 1.807) is 15.9 Å². The number of hydrogen-bond acceptors (Lipinski definition) is 4. The molecule has 158 valence electrons. The highest BCUT2D eigenvalue weighted by Gasteiger charge is 2.18. The minimum atomic E-state index is 0.0238. The van der Waals surface area contributed by atoms with Crippen LogP contribution in [0.4, 0.5) is 0 Å². The molecule has 7 heteroatoms. The van der Waals surface area contributed by atoms with E-state index in [-0.39, 0.29) is 12.5 Å². The van der Waals surface area contributed by atoms with Crippen molar-refractivity contribution in [3.8, 4) is 11.4 Å². The van der Waals surface area contributed by atoms with Gasteiger partial charge in [-0.1, -0.05) is 60.2 Å². The Morgan fingerprint density at radius 3 is 2.71 bits per heavy atom. The van der Waals surface area contributed by atoms with Gasteiger partial charge in [-0.3, -0.25) is 14.5 Å². The molecule has 0 bridgehead atoms. The minimum Gasteiger partial charge on any atom is -0.336 e. The number of H-pyrrole nitrogens is 1. The number of hydrogen-bond donors (Lipinski definition) is 1. The van der Waals surface area contributed by atoms with Gasteiger partial charge in [-0.15, -0.1) is 11.3 Å². The van der Waals surface area contributed by atoms with E-state index in [2.05, 4.69) is 28.4 Å². The second-order valence-electron chi connectivity index (χ2n) is 7.44. The van der Waals surface area contributed by atoms with Crippen molar-refractivity contribution in [1.82, 2.24) is 19.7 Å². The number of aromatic amines is 1. The Bertz CT molecular complexity index is 1200. The lowest BCUT2D eigenvalue weighted by atomic mass is 10.1. The van der Waals surface area contributed by atoms with Crippen LogP contribution in [-0.4, -0.2) is 32.1 Å². The molecule has 0 unspecified atom stereocenters. The predicted octanol–water partition coefficient (Wildman–Crippen LogP) is 5.25. The molecule has 0 saturated carbocycles. The fourth-order valence-corrected chi connectivity index (χ4v) is 4.41. The number of nitrogens with zero attached hydrogens (tertiary/aromatic N) is 3. The van der Waals surface area contributed by atoms with Gasteiger partial charge in [0.15, 0.2) is 10.6 Å². The maximum atomic E-state index is 13.4. The van der Waals surface area contributed by atoms with E-state index < -0.39 is 0 Å². The molecule has 2 heterocycles. The lowest BCUT2D eigenvalue weighted by Crippen LogP contribution is -2.35. The lowest BCUT2D eigenvalue weighted by molar-refractivity contribution is -0.132. The summed E-state index contributed by atoms with van der Waals surface area (Å²) in [6.07, 6.45) is 0.805. The number of aryl methyl sites for hydroxylation is 1. The highest BCUT2D eigenvalue weighted by Crippen LogP contribution is 2.19. The van der Waals surface area contributed by atoms with Gasteiger partial charge in [-0.05, 0) is 48.6 Å². The van der Waals surface area contributed by atoms with Crippen LogP contribution in [0.3, 0.4) is 0 Å². The van der Waals surface area contributed by atoms with Crippen molar-refractivity contribution in [2.75, 3.05) is 6.54 Å². The maximum absolute atomic E-state index is 13.4. The molecule has 0 spiro atoms. The highest BCUT2D eigenvalue weighted by molar-refractivity contribution is 7.71. The number of rotatable bonds is 8. The number of nitrogens with one attached hydrogen (secondary N) is 1. The van der Waals surface area contributed by atoms with Crippen molar-refractivity contribution in [1.29, 1.82) is 0 Å². The smallest absolute Gasteiger partial charge is 0.243 e. The highest BCUT2D eigenvalue weighted by atomic mass is 32.1. The average Bonchev–Trinajstić information content (AvgIpc) is 3.42. The summed E-state index contributed by atoms with van der Waals surface area (Å²) in [7, 11) is 0. The zero-order chi connectivity index (χ0) is 21.6. The molecule has 0 aliphatic rings. The molecule has 0 fully saturated rings. The summed E-state index contributed by atoms with van der Waals surface area (Å²) in [5, 5.41) is 9.27. The summed E-state index contributed by atoms with van der Waals surface area (Å²) < 4.78 is 2.24. The summed E-state index contributed by atoms with van der Waals surface area (Å²) in [4.78, 5) is 16.5. The molecule has 0 atom stereocenters. The average molecular weight is 449 g/mol. The van der Waals surface area contributed by atoms with Crippen LogP contribution in [-0.2, 0) is 24.3 Å². The van der Waals surface area contributed by atoms with Crippen molar-refractivity contribution >= 4 is 29.5 Å². The minimum absolute atomic E-state index is 0.0238. The Morgan fingerprint density at radius 1 is 1.13 bits per heavy atom. The molecule has 1 amide bonds. The van der Waals surface area contributed by atoms with Crippen LogP contribution >= 0.6 is 23.6 Å². The number of carbonyl (C=O) groups is 1. The number of benzene rings is 2. The number of carbonyl (C=O) groups excluding carboxylic acids is 1. The molecule has 2 aromatic carbocycles. The van der Waals surface area contributed by atoms with Gasteiger partial charge in [-0.2, -0.15) is 5.10 Å². The first-order chi connectivity index (χ1) is 15.1. The van der Waals surface area contributed by atoms with Crippen molar-refractivity contribution in [3.05, 3.63) is 92.9 Å². The monoisotopic (exact) mass is 448 g/mol. The second-order valence-corrected chi connectivity index (χ2v) is 8.86. The number of amides is 1. The second kappa shape index (κ2) is 9.85. The molecule has 0 aliphatic carbocycles. The van der Waals surface area contributed by atoms with Crippen LogP contribution in [0.5, 0.6) is 0 Å². The molecule has 0 saturated heterocycles. The van der Waals surface area contributed by atoms with Crippen molar-refractivity contribution in [2.45, 2.75) is 26.4 Å². The van der Waals surface area contributed by atoms with Gasteiger partial charge in [-0.25, -0.2) is 0 Å². The quantitative estimate of drug-likeness (QED) is 0.375. The van der Waals surface area contributed by atoms with Gasteiger partial charge in [0.2, 0.25) is 5.91 Å². The van der Waals surface area contributed by atoms with E-state index >= 15 is 0 Å². The zero-order valence-electron chi connectivity index (χ0n) is 17.3.